The zero-order valence-electron chi connectivity index (χ0n) is 8.89. The van der Waals surface area contributed by atoms with Gasteiger partial charge in [-0.25, -0.2) is 0 Å². The van der Waals surface area contributed by atoms with Crippen molar-refractivity contribution in [2.24, 2.45) is 0 Å². The number of hydrogen-bond donors (Lipinski definition) is 1. The van der Waals surface area contributed by atoms with E-state index in [4.69, 9.17) is 11.6 Å². The molecular formula is C12H18ClN. The van der Waals surface area contributed by atoms with Crippen LogP contribution < -0.4 is 5.32 Å². The first-order valence-corrected chi connectivity index (χ1v) is 5.68. The fraction of sp³-hybridized carbons (Fsp3) is 0.500. The molecule has 0 bridgehead atoms. The Hall–Kier alpha value is -0.690. The maximum Gasteiger partial charge on any atom is 0.0375 e. The molecule has 1 rings (SSSR count). The standard InChI is InChI=1S/C12H18ClN/c1-10(2)11-6-3-4-7-12(11)14-9-5-8-13/h3-4,6-7,10,14H,5,8-9H2,1-2H3. The lowest BCUT2D eigenvalue weighted by atomic mass is 10.0. The highest BCUT2D eigenvalue weighted by Gasteiger charge is 2.03. The topological polar surface area (TPSA) is 12.0 Å². The summed E-state index contributed by atoms with van der Waals surface area (Å²) in [5.74, 6) is 1.28. The van der Waals surface area contributed by atoms with Gasteiger partial charge in [0, 0.05) is 18.1 Å². The van der Waals surface area contributed by atoms with Crippen LogP contribution >= 0.6 is 11.6 Å². The van der Waals surface area contributed by atoms with Gasteiger partial charge < -0.3 is 5.32 Å². The van der Waals surface area contributed by atoms with Gasteiger partial charge in [-0.3, -0.25) is 0 Å². The highest BCUT2D eigenvalue weighted by atomic mass is 35.5. The van der Waals surface area contributed by atoms with Crippen LogP contribution in [0.5, 0.6) is 0 Å². The normalized spacial score (nSPS) is 10.6. The van der Waals surface area contributed by atoms with Crippen LogP contribution in [0.3, 0.4) is 0 Å². The van der Waals surface area contributed by atoms with Gasteiger partial charge in [0.1, 0.15) is 0 Å². The number of alkyl halides is 1. The molecule has 1 N–H and O–H groups in total. The Morgan fingerprint density at radius 3 is 2.64 bits per heavy atom. The molecule has 0 unspecified atom stereocenters. The van der Waals surface area contributed by atoms with Gasteiger partial charge in [0.05, 0.1) is 0 Å². The van der Waals surface area contributed by atoms with Crippen LogP contribution in [0.25, 0.3) is 0 Å². The molecule has 14 heavy (non-hydrogen) atoms. The van der Waals surface area contributed by atoms with Crippen LogP contribution in [0.4, 0.5) is 5.69 Å². The number of rotatable bonds is 5. The smallest absolute Gasteiger partial charge is 0.0375 e. The minimum Gasteiger partial charge on any atom is -0.385 e. The van der Waals surface area contributed by atoms with E-state index < -0.39 is 0 Å². The molecule has 0 fully saturated rings. The van der Waals surface area contributed by atoms with Crippen LogP contribution in [0.2, 0.25) is 0 Å². The number of para-hydroxylation sites is 1. The summed E-state index contributed by atoms with van der Waals surface area (Å²) in [5.41, 5.74) is 2.62. The molecule has 0 atom stereocenters. The van der Waals surface area contributed by atoms with Crippen molar-refractivity contribution >= 4 is 17.3 Å². The SMILES string of the molecule is CC(C)c1ccccc1NCCCCl. The Kier molecular flexibility index (Phi) is 4.81. The summed E-state index contributed by atoms with van der Waals surface area (Å²) >= 11 is 5.63. The third-order valence-corrected chi connectivity index (χ3v) is 2.48. The molecular weight excluding hydrogens is 194 g/mol. The highest BCUT2D eigenvalue weighted by Crippen LogP contribution is 2.23. The maximum atomic E-state index is 5.63. The molecule has 0 heterocycles. The van der Waals surface area contributed by atoms with Crippen LogP contribution in [0, 0.1) is 0 Å². The van der Waals surface area contributed by atoms with Crippen LogP contribution in [-0.2, 0) is 0 Å². The Bertz CT molecular complexity index is 271. The van der Waals surface area contributed by atoms with Gasteiger partial charge in [0.2, 0.25) is 0 Å². The molecule has 2 heteroatoms. The molecule has 0 aliphatic rings. The van der Waals surface area contributed by atoms with Crippen molar-refractivity contribution in [1.82, 2.24) is 0 Å². The van der Waals surface area contributed by atoms with E-state index in [1.54, 1.807) is 0 Å². The Balaban J connectivity index is 2.64. The quantitative estimate of drug-likeness (QED) is 0.576. The summed E-state index contributed by atoms with van der Waals surface area (Å²) in [6.07, 6.45) is 1.01. The van der Waals surface area contributed by atoms with Crippen LogP contribution in [0.1, 0.15) is 31.7 Å². The van der Waals surface area contributed by atoms with Crippen molar-refractivity contribution < 1.29 is 0 Å². The van der Waals surface area contributed by atoms with E-state index in [9.17, 15) is 0 Å². The predicted molar refractivity (Wildman–Crippen MR) is 64.4 cm³/mol. The summed E-state index contributed by atoms with van der Waals surface area (Å²) < 4.78 is 0. The zero-order chi connectivity index (χ0) is 10.4. The van der Waals surface area contributed by atoms with Crippen molar-refractivity contribution in [2.45, 2.75) is 26.2 Å². The maximum absolute atomic E-state index is 5.63. The zero-order valence-corrected chi connectivity index (χ0v) is 9.64. The van der Waals surface area contributed by atoms with E-state index in [2.05, 4.69) is 43.4 Å². The summed E-state index contributed by atoms with van der Waals surface area (Å²) in [5, 5.41) is 3.41. The molecule has 0 aromatic heterocycles. The van der Waals surface area contributed by atoms with Crippen LogP contribution in [-0.4, -0.2) is 12.4 Å². The first kappa shape index (κ1) is 11.4. The predicted octanol–water partition coefficient (Wildman–Crippen LogP) is 3.85. The van der Waals surface area contributed by atoms with Gasteiger partial charge >= 0.3 is 0 Å². The molecule has 0 aliphatic carbocycles. The van der Waals surface area contributed by atoms with Crippen LogP contribution in [0.15, 0.2) is 24.3 Å². The number of benzene rings is 1. The molecule has 1 nitrogen and oxygen atoms in total. The van der Waals surface area contributed by atoms with Gasteiger partial charge in [-0.2, -0.15) is 0 Å². The Labute approximate surface area is 91.5 Å². The van der Waals surface area contributed by atoms with Crippen molar-refractivity contribution in [3.63, 3.8) is 0 Å². The lowest BCUT2D eigenvalue weighted by Gasteiger charge is -2.13. The lowest BCUT2D eigenvalue weighted by Crippen LogP contribution is -2.05. The average molecular weight is 212 g/mol. The fourth-order valence-corrected chi connectivity index (χ4v) is 1.58. The van der Waals surface area contributed by atoms with Gasteiger partial charge in [-0.05, 0) is 24.0 Å². The fourth-order valence-electron chi connectivity index (χ4n) is 1.45. The third-order valence-electron chi connectivity index (χ3n) is 2.21. The van der Waals surface area contributed by atoms with Crippen molar-refractivity contribution in [3.05, 3.63) is 29.8 Å². The second-order valence-electron chi connectivity index (χ2n) is 3.71. The monoisotopic (exact) mass is 211 g/mol. The number of nitrogens with one attached hydrogen (secondary N) is 1. The largest absolute Gasteiger partial charge is 0.385 e. The van der Waals surface area contributed by atoms with E-state index >= 15 is 0 Å². The lowest BCUT2D eigenvalue weighted by molar-refractivity contribution is 0.863. The Morgan fingerprint density at radius 2 is 2.00 bits per heavy atom. The number of halogens is 1. The van der Waals surface area contributed by atoms with Gasteiger partial charge in [0.25, 0.3) is 0 Å². The number of hydrogen-bond acceptors (Lipinski definition) is 1. The van der Waals surface area contributed by atoms with Crippen molar-refractivity contribution in [2.75, 3.05) is 17.7 Å². The van der Waals surface area contributed by atoms with E-state index in [1.807, 2.05) is 0 Å². The molecule has 78 valence electrons. The molecule has 0 spiro atoms. The third kappa shape index (κ3) is 3.22. The molecule has 1 aromatic carbocycles. The molecule has 0 aliphatic heterocycles. The summed E-state index contributed by atoms with van der Waals surface area (Å²) in [6.45, 7) is 5.37. The van der Waals surface area contributed by atoms with Gasteiger partial charge in [-0.15, -0.1) is 11.6 Å². The first-order chi connectivity index (χ1) is 6.75. The number of anilines is 1. The summed E-state index contributed by atoms with van der Waals surface area (Å²) in [7, 11) is 0. The molecule has 0 saturated carbocycles. The minimum absolute atomic E-state index is 0.565. The molecule has 0 saturated heterocycles. The van der Waals surface area contributed by atoms with E-state index in [-0.39, 0.29) is 0 Å². The van der Waals surface area contributed by atoms with E-state index in [1.165, 1.54) is 11.3 Å². The first-order valence-electron chi connectivity index (χ1n) is 5.14. The van der Waals surface area contributed by atoms with Crippen molar-refractivity contribution in [3.8, 4) is 0 Å². The second kappa shape index (κ2) is 5.92. The van der Waals surface area contributed by atoms with Gasteiger partial charge in [0.15, 0.2) is 0 Å². The highest BCUT2D eigenvalue weighted by molar-refractivity contribution is 6.17. The van der Waals surface area contributed by atoms with E-state index in [0.717, 1.165) is 18.8 Å². The summed E-state index contributed by atoms with van der Waals surface area (Å²) in [4.78, 5) is 0. The van der Waals surface area contributed by atoms with Gasteiger partial charge in [-0.1, -0.05) is 32.0 Å². The average Bonchev–Trinajstić information content (AvgIpc) is 2.19. The summed E-state index contributed by atoms with van der Waals surface area (Å²) in [6, 6.07) is 8.45. The molecule has 0 amide bonds. The molecule has 0 radical (unpaired) electrons. The minimum atomic E-state index is 0.565. The second-order valence-corrected chi connectivity index (χ2v) is 4.09. The van der Waals surface area contributed by atoms with Crippen molar-refractivity contribution in [1.29, 1.82) is 0 Å². The Morgan fingerprint density at radius 1 is 1.29 bits per heavy atom. The molecule has 1 aromatic rings. The van der Waals surface area contributed by atoms with E-state index in [0.29, 0.717) is 5.92 Å².